The minimum absolute atomic E-state index is 0.105. The third-order valence-corrected chi connectivity index (χ3v) is 3.46. The number of alkyl halides is 3. The first kappa shape index (κ1) is 13.2. The lowest BCUT2D eigenvalue weighted by Crippen LogP contribution is -2.06. The Morgan fingerprint density at radius 1 is 1.20 bits per heavy atom. The van der Waals surface area contributed by atoms with Gasteiger partial charge in [0.25, 0.3) is 0 Å². The molecule has 1 aromatic heterocycles. The van der Waals surface area contributed by atoms with E-state index in [-0.39, 0.29) is 6.61 Å². The van der Waals surface area contributed by atoms with Crippen molar-refractivity contribution in [1.82, 2.24) is 9.78 Å². The maximum Gasteiger partial charge on any atom is 0.416 e. The van der Waals surface area contributed by atoms with Crippen molar-refractivity contribution >= 4 is 0 Å². The SMILES string of the molecule is OCc1cnn(-c2ccc(C(F)(F)F)cc2)c1C1CC1. The predicted octanol–water partition coefficient (Wildman–Crippen LogP) is 3.26. The molecule has 3 nitrogen and oxygen atoms in total. The van der Waals surface area contributed by atoms with E-state index in [1.54, 1.807) is 10.9 Å². The van der Waals surface area contributed by atoms with Crippen molar-refractivity contribution < 1.29 is 18.3 Å². The van der Waals surface area contributed by atoms with Crippen molar-refractivity contribution in [3.63, 3.8) is 0 Å². The molecule has 0 atom stereocenters. The van der Waals surface area contributed by atoms with E-state index in [1.807, 2.05) is 0 Å². The Bertz CT molecular complexity index is 612. The molecule has 20 heavy (non-hydrogen) atoms. The summed E-state index contributed by atoms with van der Waals surface area (Å²) in [5.74, 6) is 0.349. The Kier molecular flexibility index (Phi) is 3.05. The minimum Gasteiger partial charge on any atom is -0.392 e. The number of aromatic nitrogens is 2. The van der Waals surface area contributed by atoms with Crippen molar-refractivity contribution in [1.29, 1.82) is 0 Å². The lowest BCUT2D eigenvalue weighted by molar-refractivity contribution is -0.137. The molecule has 0 unspecified atom stereocenters. The largest absolute Gasteiger partial charge is 0.416 e. The van der Waals surface area contributed by atoms with Gasteiger partial charge in [0.15, 0.2) is 0 Å². The van der Waals surface area contributed by atoms with Crippen LogP contribution in [0.5, 0.6) is 0 Å². The van der Waals surface area contributed by atoms with Gasteiger partial charge in [0.05, 0.1) is 29.7 Å². The summed E-state index contributed by atoms with van der Waals surface area (Å²) < 4.78 is 39.3. The highest BCUT2D eigenvalue weighted by molar-refractivity contribution is 5.40. The molecule has 1 saturated carbocycles. The molecule has 1 aliphatic carbocycles. The zero-order valence-electron chi connectivity index (χ0n) is 10.6. The van der Waals surface area contributed by atoms with Crippen LogP contribution in [0.2, 0.25) is 0 Å². The Morgan fingerprint density at radius 3 is 2.35 bits per heavy atom. The van der Waals surface area contributed by atoms with Gasteiger partial charge in [0, 0.05) is 11.5 Å². The van der Waals surface area contributed by atoms with Gasteiger partial charge >= 0.3 is 6.18 Å². The average Bonchev–Trinajstić information content (AvgIpc) is 3.17. The van der Waals surface area contributed by atoms with Crippen LogP contribution in [0, 0.1) is 0 Å². The number of hydrogen-bond donors (Lipinski definition) is 1. The van der Waals surface area contributed by atoms with Crippen molar-refractivity contribution in [3.8, 4) is 5.69 Å². The van der Waals surface area contributed by atoms with Crippen LogP contribution in [0.3, 0.4) is 0 Å². The summed E-state index contributed by atoms with van der Waals surface area (Å²) in [5.41, 5.74) is 1.56. The van der Waals surface area contributed by atoms with E-state index in [9.17, 15) is 18.3 Å². The molecule has 1 aliphatic rings. The number of rotatable bonds is 3. The summed E-state index contributed by atoms with van der Waals surface area (Å²) in [6.07, 6.45) is -0.706. The van der Waals surface area contributed by atoms with Gasteiger partial charge in [0.2, 0.25) is 0 Å². The van der Waals surface area contributed by atoms with Gasteiger partial charge in [0.1, 0.15) is 0 Å². The molecule has 0 aliphatic heterocycles. The quantitative estimate of drug-likeness (QED) is 0.938. The molecule has 3 rings (SSSR count). The topological polar surface area (TPSA) is 38.1 Å². The predicted molar refractivity (Wildman–Crippen MR) is 66.5 cm³/mol. The highest BCUT2D eigenvalue weighted by Gasteiger charge is 2.32. The lowest BCUT2D eigenvalue weighted by Gasteiger charge is -2.10. The zero-order valence-corrected chi connectivity index (χ0v) is 10.6. The van der Waals surface area contributed by atoms with E-state index in [1.165, 1.54) is 12.1 Å². The molecule has 1 fully saturated rings. The summed E-state index contributed by atoms with van der Waals surface area (Å²) in [6.45, 7) is -0.105. The molecule has 106 valence electrons. The number of nitrogens with zero attached hydrogens (tertiary/aromatic N) is 2. The number of hydrogen-bond acceptors (Lipinski definition) is 2. The Morgan fingerprint density at radius 2 is 1.85 bits per heavy atom. The minimum atomic E-state index is -4.34. The van der Waals surface area contributed by atoms with E-state index in [0.29, 0.717) is 11.6 Å². The fourth-order valence-corrected chi connectivity index (χ4v) is 2.30. The first-order chi connectivity index (χ1) is 9.50. The van der Waals surface area contributed by atoms with Gasteiger partial charge in [-0.1, -0.05) is 0 Å². The standard InChI is InChI=1S/C14H13F3N2O/c15-14(16,17)11-3-5-12(6-4-11)19-13(9-1-2-9)10(8-20)7-18-19/h3-7,9,20H,1-2,8H2. The zero-order chi connectivity index (χ0) is 14.3. The summed E-state index contributed by atoms with van der Waals surface area (Å²) in [4.78, 5) is 0. The lowest BCUT2D eigenvalue weighted by atomic mass is 10.1. The maximum absolute atomic E-state index is 12.5. The van der Waals surface area contributed by atoms with Crippen LogP contribution in [-0.2, 0) is 12.8 Å². The van der Waals surface area contributed by atoms with E-state index in [2.05, 4.69) is 5.10 Å². The van der Waals surface area contributed by atoms with Crippen LogP contribution < -0.4 is 0 Å². The number of benzene rings is 1. The number of aliphatic hydroxyl groups is 1. The van der Waals surface area contributed by atoms with Crippen LogP contribution in [0.4, 0.5) is 13.2 Å². The fourth-order valence-electron chi connectivity index (χ4n) is 2.30. The smallest absolute Gasteiger partial charge is 0.392 e. The normalized spacial score (nSPS) is 15.6. The second kappa shape index (κ2) is 4.63. The van der Waals surface area contributed by atoms with Gasteiger partial charge in [-0.2, -0.15) is 18.3 Å². The number of aliphatic hydroxyl groups excluding tert-OH is 1. The molecule has 1 aromatic carbocycles. The molecule has 6 heteroatoms. The Hall–Kier alpha value is -1.82. The monoisotopic (exact) mass is 282 g/mol. The van der Waals surface area contributed by atoms with Crippen molar-refractivity contribution in [2.75, 3.05) is 0 Å². The highest BCUT2D eigenvalue weighted by atomic mass is 19.4. The molecule has 0 bridgehead atoms. The Labute approximate surface area is 113 Å². The second-order valence-electron chi connectivity index (χ2n) is 4.94. The summed E-state index contributed by atoms with van der Waals surface area (Å²) in [6, 6.07) is 4.91. The molecule has 0 spiro atoms. The van der Waals surface area contributed by atoms with Gasteiger partial charge in [-0.3, -0.25) is 0 Å². The molecule has 1 N–H and O–H groups in total. The first-order valence-electron chi connectivity index (χ1n) is 6.36. The van der Waals surface area contributed by atoms with Crippen LogP contribution >= 0.6 is 0 Å². The Balaban J connectivity index is 1.99. The first-order valence-corrected chi connectivity index (χ1v) is 6.36. The van der Waals surface area contributed by atoms with Crippen molar-refractivity contribution in [3.05, 3.63) is 47.3 Å². The summed E-state index contributed by atoms with van der Waals surface area (Å²) in [7, 11) is 0. The van der Waals surface area contributed by atoms with E-state index < -0.39 is 11.7 Å². The van der Waals surface area contributed by atoms with Crippen LogP contribution in [0.1, 0.15) is 35.6 Å². The van der Waals surface area contributed by atoms with Gasteiger partial charge in [-0.05, 0) is 37.1 Å². The van der Waals surface area contributed by atoms with Crippen molar-refractivity contribution in [2.24, 2.45) is 0 Å². The third kappa shape index (κ3) is 2.31. The van der Waals surface area contributed by atoms with Gasteiger partial charge in [-0.15, -0.1) is 0 Å². The fraction of sp³-hybridized carbons (Fsp3) is 0.357. The summed E-state index contributed by atoms with van der Waals surface area (Å²) in [5, 5.41) is 13.5. The second-order valence-corrected chi connectivity index (χ2v) is 4.94. The summed E-state index contributed by atoms with van der Waals surface area (Å²) >= 11 is 0. The van der Waals surface area contributed by atoms with Crippen LogP contribution in [0.25, 0.3) is 5.69 Å². The van der Waals surface area contributed by atoms with E-state index in [4.69, 9.17) is 0 Å². The van der Waals surface area contributed by atoms with Crippen LogP contribution in [-0.4, -0.2) is 14.9 Å². The highest BCUT2D eigenvalue weighted by Crippen LogP contribution is 2.42. The molecular weight excluding hydrogens is 269 g/mol. The van der Waals surface area contributed by atoms with Crippen LogP contribution in [0.15, 0.2) is 30.5 Å². The number of halogens is 3. The van der Waals surface area contributed by atoms with Gasteiger partial charge < -0.3 is 5.11 Å². The molecule has 1 heterocycles. The average molecular weight is 282 g/mol. The third-order valence-electron chi connectivity index (χ3n) is 3.46. The van der Waals surface area contributed by atoms with Crippen molar-refractivity contribution in [2.45, 2.75) is 31.5 Å². The molecule has 2 aromatic rings. The van der Waals surface area contributed by atoms with Gasteiger partial charge in [-0.25, -0.2) is 4.68 Å². The molecule has 0 radical (unpaired) electrons. The molecule has 0 saturated heterocycles. The maximum atomic E-state index is 12.5. The van der Waals surface area contributed by atoms with E-state index >= 15 is 0 Å². The molecule has 0 amide bonds. The molecular formula is C14H13F3N2O. The van der Waals surface area contributed by atoms with E-state index in [0.717, 1.165) is 36.2 Å².